The molecule has 4 aromatic carbocycles. The number of anilines is 8. The molecule has 2 aliphatic carbocycles. The number of terminal acetylenes is 1. The third-order valence-electron chi connectivity index (χ3n) is 13.1. The Balaban J connectivity index is 0.000000172. The van der Waals surface area contributed by atoms with Crippen LogP contribution in [0.4, 0.5) is 46.3 Å². The summed E-state index contributed by atoms with van der Waals surface area (Å²) < 4.78 is 54.2. The fourth-order valence-electron chi connectivity index (χ4n) is 9.75. The van der Waals surface area contributed by atoms with E-state index in [1.807, 2.05) is 6.07 Å². The number of hydrogen-bond acceptors (Lipinski definition) is 14. The zero-order chi connectivity index (χ0) is 48.3. The maximum Gasteiger partial charge on any atom is 0.242 e. The molecule has 0 amide bonds. The third-order valence-corrected chi connectivity index (χ3v) is 16.6. The first-order valence-corrected chi connectivity index (χ1v) is 26.4. The highest BCUT2D eigenvalue weighted by atomic mass is 35.5. The zero-order valence-electron chi connectivity index (χ0n) is 37.9. The minimum absolute atomic E-state index is 0.0939. The minimum atomic E-state index is -3.67. The summed E-state index contributed by atoms with van der Waals surface area (Å²) in [5.74, 6) is 6.16. The number of sulfonamides is 2. The number of para-hydroxylation sites is 2. The van der Waals surface area contributed by atoms with E-state index in [0.717, 1.165) is 44.0 Å². The Labute approximate surface area is 413 Å². The molecule has 0 saturated carbocycles. The van der Waals surface area contributed by atoms with Crippen molar-refractivity contribution < 1.29 is 16.8 Å². The first kappa shape index (κ1) is 48.2. The van der Waals surface area contributed by atoms with E-state index >= 15 is 0 Å². The lowest BCUT2D eigenvalue weighted by Crippen LogP contribution is -2.27. The van der Waals surface area contributed by atoms with Crippen LogP contribution in [-0.4, -0.2) is 88.5 Å². The highest BCUT2D eigenvalue weighted by molar-refractivity contribution is 7.90. The summed E-state index contributed by atoms with van der Waals surface area (Å²) in [6.07, 6.45) is 13.3. The van der Waals surface area contributed by atoms with Gasteiger partial charge in [0, 0.05) is 37.6 Å². The van der Waals surface area contributed by atoms with Crippen molar-refractivity contribution in [1.82, 2.24) is 39.6 Å². The number of hydrogen-bond donors (Lipinski definition) is 7. The third kappa shape index (κ3) is 10.7. The zero-order valence-corrected chi connectivity index (χ0v) is 41.1. The average Bonchev–Trinajstić information content (AvgIpc) is 3.85. The molecule has 2 aromatic heterocycles. The van der Waals surface area contributed by atoms with Crippen LogP contribution in [0.2, 0.25) is 10.0 Å². The van der Waals surface area contributed by atoms with Crippen molar-refractivity contribution in [2.45, 2.75) is 59.1 Å². The number of nitrogens with one attached hydrogen (secondary N) is 7. The predicted octanol–water partition coefficient (Wildman–Crippen LogP) is 8.52. The second-order valence-electron chi connectivity index (χ2n) is 17.4. The predicted molar refractivity (Wildman–Crippen MR) is 273 cm³/mol. The summed E-state index contributed by atoms with van der Waals surface area (Å²) in [6, 6.07) is 26.0. The average molecular weight is 1010 g/mol. The second kappa shape index (κ2) is 20.6. The van der Waals surface area contributed by atoms with Gasteiger partial charge in [-0.3, -0.25) is 4.90 Å². The van der Waals surface area contributed by atoms with Crippen molar-refractivity contribution >= 4 is 89.5 Å². The van der Waals surface area contributed by atoms with Crippen molar-refractivity contribution in [3.8, 4) is 12.3 Å². The minimum Gasteiger partial charge on any atom is -0.338 e. The Bertz CT molecular complexity index is 3150. The van der Waals surface area contributed by atoms with E-state index < -0.39 is 20.0 Å². The Morgan fingerprint density at radius 1 is 0.623 bits per heavy atom. The molecule has 6 aliphatic rings. The molecule has 7 N–H and O–H groups in total. The summed E-state index contributed by atoms with van der Waals surface area (Å²) in [4.78, 5) is 20.2. The Hall–Kier alpha value is -5.88. The van der Waals surface area contributed by atoms with Crippen molar-refractivity contribution in [3.05, 3.63) is 130 Å². The number of benzene rings is 4. The molecular weight excluding hydrogens is 956 g/mol. The van der Waals surface area contributed by atoms with Gasteiger partial charge in [-0.15, -0.1) is 6.42 Å². The first-order chi connectivity index (χ1) is 33.3. The number of aromatic nitrogens is 4. The van der Waals surface area contributed by atoms with Crippen LogP contribution in [0.15, 0.2) is 107 Å². The molecule has 6 heterocycles. The van der Waals surface area contributed by atoms with Crippen LogP contribution in [0.5, 0.6) is 0 Å². The molecule has 12 rings (SSSR count). The SMILES string of the molecule is C#CCN1CC2CCC(C1)c1cc(Nc3ncc(Cl)c(Nc4ccccc4S(=O)(=O)NC)n3)ccc12.CNS(=O)(=O)c1ccccc1Nc1nc(Nc2ccc3c(c2)C2CCC3CNC2)ncc1Cl. The highest BCUT2D eigenvalue weighted by Gasteiger charge is 2.34. The molecule has 358 valence electrons. The molecule has 0 radical (unpaired) electrons. The van der Waals surface area contributed by atoms with E-state index in [4.69, 9.17) is 29.6 Å². The van der Waals surface area contributed by atoms with E-state index in [1.54, 1.807) is 36.4 Å². The lowest BCUT2D eigenvalue weighted by atomic mass is 9.78. The topological polar surface area (TPSA) is 207 Å². The molecule has 4 atom stereocenters. The molecule has 2 saturated heterocycles. The van der Waals surface area contributed by atoms with E-state index in [-0.39, 0.29) is 19.8 Å². The fourth-order valence-corrected chi connectivity index (χ4v) is 11.8. The van der Waals surface area contributed by atoms with Crippen molar-refractivity contribution in [3.63, 3.8) is 0 Å². The van der Waals surface area contributed by atoms with Crippen molar-refractivity contribution in [1.29, 1.82) is 0 Å². The van der Waals surface area contributed by atoms with Crippen LogP contribution in [0.25, 0.3) is 0 Å². The van der Waals surface area contributed by atoms with Crippen LogP contribution in [-0.2, 0) is 20.0 Å². The number of nitrogens with zero attached hydrogens (tertiary/aromatic N) is 5. The van der Waals surface area contributed by atoms with Gasteiger partial charge in [-0.05, 0) is 134 Å². The van der Waals surface area contributed by atoms with Crippen LogP contribution in [0.1, 0.15) is 71.6 Å². The molecular formula is C49H52Cl2N12O4S2. The lowest BCUT2D eigenvalue weighted by Gasteiger charge is -2.27. The standard InChI is InChI=1S/C26H27ClN6O2S.C23H25ClN6O2S/c1-3-12-33-15-17-8-9-18(16-33)21-13-19(10-11-20(17)21)30-26-29-14-22(27)25(32-26)31-23-6-4-5-7-24(23)36(34,35)28-2;1-25-33(31,32)21-5-3-2-4-20(21)29-22-19(24)13-27-23(30-22)28-16-8-9-17-14-6-7-15(12-26-11-14)18(17)10-16/h1,4-7,10-11,13-14,17-18,28H,8-9,12,15-16H2,2H3,(H2,29,30,31,32);2-5,8-10,13-15,25-26H,6-7,11-12H2,1H3,(H2,27,28,29,30). The second-order valence-corrected chi connectivity index (χ2v) is 21.9. The number of halogens is 2. The Morgan fingerprint density at radius 2 is 1.06 bits per heavy atom. The van der Waals surface area contributed by atoms with Gasteiger partial charge in [0.05, 0.1) is 30.3 Å². The molecule has 20 heteroatoms. The van der Waals surface area contributed by atoms with Crippen LogP contribution < -0.4 is 36.0 Å². The monoisotopic (exact) mass is 1010 g/mol. The molecule has 16 nitrogen and oxygen atoms in total. The molecule has 0 spiro atoms. The molecule has 2 fully saturated rings. The molecule has 4 unspecified atom stereocenters. The Kier molecular flexibility index (Phi) is 14.4. The first-order valence-electron chi connectivity index (χ1n) is 22.6. The molecule has 4 aliphatic heterocycles. The Morgan fingerprint density at radius 3 is 1.55 bits per heavy atom. The van der Waals surface area contributed by atoms with Gasteiger partial charge in [0.15, 0.2) is 11.6 Å². The normalized spacial score (nSPS) is 19.4. The summed E-state index contributed by atoms with van der Waals surface area (Å²) in [5.41, 5.74) is 8.10. The summed E-state index contributed by atoms with van der Waals surface area (Å²) in [5, 5.41) is 16.7. The van der Waals surface area contributed by atoms with Crippen LogP contribution in [0, 0.1) is 12.3 Å². The smallest absolute Gasteiger partial charge is 0.242 e. The van der Waals surface area contributed by atoms with Gasteiger partial charge < -0.3 is 26.6 Å². The summed E-state index contributed by atoms with van der Waals surface area (Å²) >= 11 is 12.7. The van der Waals surface area contributed by atoms with Crippen molar-refractivity contribution in [2.24, 2.45) is 0 Å². The van der Waals surface area contributed by atoms with Crippen molar-refractivity contribution in [2.75, 3.05) is 68.1 Å². The maximum absolute atomic E-state index is 12.4. The van der Waals surface area contributed by atoms with Gasteiger partial charge in [0.1, 0.15) is 19.8 Å². The van der Waals surface area contributed by atoms with E-state index in [2.05, 4.69) is 97.1 Å². The summed E-state index contributed by atoms with van der Waals surface area (Å²) in [6.45, 7) is 4.70. The van der Waals surface area contributed by atoms with Crippen LogP contribution >= 0.6 is 23.2 Å². The van der Waals surface area contributed by atoms with E-state index in [0.29, 0.717) is 65.1 Å². The fraction of sp³-hybridized carbons (Fsp3) is 0.306. The molecule has 6 aromatic rings. The molecule has 69 heavy (non-hydrogen) atoms. The highest BCUT2D eigenvalue weighted by Crippen LogP contribution is 2.45. The van der Waals surface area contributed by atoms with Crippen LogP contribution in [0.3, 0.4) is 0 Å². The largest absolute Gasteiger partial charge is 0.338 e. The number of fused-ring (bicyclic) bond motifs is 6. The lowest BCUT2D eigenvalue weighted by molar-refractivity contribution is 0.304. The van der Waals surface area contributed by atoms with Gasteiger partial charge in [-0.1, -0.05) is 65.5 Å². The quantitative estimate of drug-likeness (QED) is 0.0542. The maximum atomic E-state index is 12.4. The molecule has 4 bridgehead atoms. The summed E-state index contributed by atoms with van der Waals surface area (Å²) in [7, 11) is -4.59. The van der Waals surface area contributed by atoms with E-state index in [1.165, 1.54) is 80.1 Å². The van der Waals surface area contributed by atoms with E-state index in [9.17, 15) is 16.8 Å². The van der Waals surface area contributed by atoms with Gasteiger partial charge in [-0.2, -0.15) is 9.97 Å². The number of rotatable bonds is 13. The van der Waals surface area contributed by atoms with Gasteiger partial charge in [0.25, 0.3) is 0 Å². The van der Waals surface area contributed by atoms with Gasteiger partial charge in [-0.25, -0.2) is 36.2 Å². The van der Waals surface area contributed by atoms with Gasteiger partial charge >= 0.3 is 0 Å². The van der Waals surface area contributed by atoms with Gasteiger partial charge in [0.2, 0.25) is 31.9 Å².